The van der Waals surface area contributed by atoms with Crippen LogP contribution in [0.3, 0.4) is 0 Å². The van der Waals surface area contributed by atoms with Crippen LogP contribution in [-0.2, 0) is 26.0 Å². The summed E-state index contributed by atoms with van der Waals surface area (Å²) in [5.41, 5.74) is 0.534. The van der Waals surface area contributed by atoms with Crippen LogP contribution < -0.4 is 10.0 Å². The van der Waals surface area contributed by atoms with Crippen molar-refractivity contribution in [3.8, 4) is 0 Å². The Morgan fingerprint density at radius 2 is 2.00 bits per heavy atom. The maximum absolute atomic E-state index is 12.2. The predicted octanol–water partition coefficient (Wildman–Crippen LogP) is -0.129. The number of carbonyl (C=O) groups is 2. The number of hydrogen-bond donors (Lipinski definition) is 3. The summed E-state index contributed by atoms with van der Waals surface area (Å²) in [6.45, 7) is 0.273. The number of sulfonamides is 1. The number of aliphatic carboxylic acids is 1. The fraction of sp³-hybridized carbons (Fsp3) is 0.385. The first-order valence-corrected chi connectivity index (χ1v) is 7.95. The fourth-order valence-corrected chi connectivity index (χ4v) is 3.35. The molecule has 3 N–H and O–H groups in total. The molecule has 1 aromatic carbocycles. The van der Waals surface area contributed by atoms with E-state index in [1.54, 1.807) is 0 Å². The lowest BCUT2D eigenvalue weighted by molar-refractivity contribution is -0.136. The highest BCUT2D eigenvalue weighted by molar-refractivity contribution is 7.89. The second-order valence-corrected chi connectivity index (χ2v) is 6.59. The highest BCUT2D eigenvalue weighted by Crippen LogP contribution is 2.13. The Hall–Kier alpha value is -1.93. The van der Waals surface area contributed by atoms with Crippen molar-refractivity contribution < 1.29 is 23.1 Å². The molecule has 1 saturated heterocycles. The van der Waals surface area contributed by atoms with Gasteiger partial charge in [0, 0.05) is 19.0 Å². The molecule has 114 valence electrons. The predicted molar refractivity (Wildman–Crippen MR) is 74.1 cm³/mol. The lowest BCUT2D eigenvalue weighted by Crippen LogP contribution is -2.47. The van der Waals surface area contributed by atoms with E-state index >= 15 is 0 Å². The zero-order valence-corrected chi connectivity index (χ0v) is 12.0. The van der Waals surface area contributed by atoms with E-state index in [9.17, 15) is 18.0 Å². The van der Waals surface area contributed by atoms with Crippen molar-refractivity contribution in [3.05, 3.63) is 29.8 Å². The van der Waals surface area contributed by atoms with Gasteiger partial charge in [-0.1, -0.05) is 12.1 Å². The molecule has 1 heterocycles. The van der Waals surface area contributed by atoms with Crippen LogP contribution in [0, 0.1) is 0 Å². The Bertz CT molecular complexity index is 629. The Kier molecular flexibility index (Phi) is 4.59. The van der Waals surface area contributed by atoms with Crippen LogP contribution >= 0.6 is 0 Å². The molecule has 1 aliphatic rings. The Balaban J connectivity index is 2.05. The van der Waals surface area contributed by atoms with Crippen molar-refractivity contribution >= 4 is 21.9 Å². The fourth-order valence-electron chi connectivity index (χ4n) is 2.08. The number of amides is 1. The first-order valence-electron chi connectivity index (χ1n) is 6.46. The number of hydrogen-bond acceptors (Lipinski definition) is 4. The molecule has 7 nitrogen and oxygen atoms in total. The highest BCUT2D eigenvalue weighted by atomic mass is 32.2. The first-order chi connectivity index (χ1) is 9.87. The van der Waals surface area contributed by atoms with Crippen molar-refractivity contribution in [2.24, 2.45) is 0 Å². The quantitative estimate of drug-likeness (QED) is 0.701. The van der Waals surface area contributed by atoms with Gasteiger partial charge < -0.3 is 10.4 Å². The van der Waals surface area contributed by atoms with Gasteiger partial charge in [-0.15, -0.1) is 0 Å². The number of carbonyl (C=O) groups excluding carboxylic acids is 1. The average molecular weight is 312 g/mol. The molecule has 21 heavy (non-hydrogen) atoms. The third-order valence-corrected chi connectivity index (χ3v) is 4.71. The van der Waals surface area contributed by atoms with E-state index < -0.39 is 16.0 Å². The van der Waals surface area contributed by atoms with Gasteiger partial charge in [0.15, 0.2) is 0 Å². The van der Waals surface area contributed by atoms with Crippen LogP contribution in [0.4, 0.5) is 0 Å². The average Bonchev–Trinajstić information content (AvgIpc) is 2.41. The third-order valence-electron chi connectivity index (χ3n) is 3.18. The van der Waals surface area contributed by atoms with Gasteiger partial charge in [-0.3, -0.25) is 9.59 Å². The molecule has 0 saturated carbocycles. The number of benzene rings is 1. The molecule has 1 aliphatic heterocycles. The third kappa shape index (κ3) is 4.27. The van der Waals surface area contributed by atoms with Gasteiger partial charge in [0.05, 0.1) is 11.3 Å². The van der Waals surface area contributed by atoms with E-state index in [1.165, 1.54) is 24.3 Å². The van der Waals surface area contributed by atoms with Crippen LogP contribution in [0.15, 0.2) is 29.2 Å². The van der Waals surface area contributed by atoms with Crippen LogP contribution in [0.25, 0.3) is 0 Å². The minimum absolute atomic E-state index is 0.0774. The normalized spacial score (nSPS) is 19.0. The minimum Gasteiger partial charge on any atom is -0.481 e. The molecular formula is C13H16N2O5S. The number of carboxylic acids is 1. The van der Waals surface area contributed by atoms with Crippen molar-refractivity contribution in [3.63, 3.8) is 0 Å². The lowest BCUT2D eigenvalue weighted by Gasteiger charge is -2.23. The largest absolute Gasteiger partial charge is 0.481 e. The van der Waals surface area contributed by atoms with Gasteiger partial charge in [-0.25, -0.2) is 13.1 Å². The van der Waals surface area contributed by atoms with Crippen molar-refractivity contribution in [1.29, 1.82) is 0 Å². The minimum atomic E-state index is -3.67. The van der Waals surface area contributed by atoms with Crippen molar-refractivity contribution in [2.45, 2.75) is 30.2 Å². The molecule has 0 radical (unpaired) electrons. The Labute approximate surface area is 122 Å². The smallest absolute Gasteiger partial charge is 0.307 e. The van der Waals surface area contributed by atoms with E-state index in [4.69, 9.17) is 5.11 Å². The van der Waals surface area contributed by atoms with E-state index in [2.05, 4.69) is 10.0 Å². The van der Waals surface area contributed by atoms with Crippen LogP contribution in [0.1, 0.15) is 18.4 Å². The first kappa shape index (κ1) is 15.5. The molecule has 1 amide bonds. The number of carboxylic acid groups (broad SMARTS) is 1. The van der Waals surface area contributed by atoms with E-state index in [0.29, 0.717) is 18.4 Å². The summed E-state index contributed by atoms with van der Waals surface area (Å²) < 4.78 is 26.9. The maximum Gasteiger partial charge on any atom is 0.307 e. The molecule has 0 aliphatic carbocycles. The highest BCUT2D eigenvalue weighted by Gasteiger charge is 2.24. The second-order valence-electron chi connectivity index (χ2n) is 4.88. The van der Waals surface area contributed by atoms with Gasteiger partial charge in [0.1, 0.15) is 0 Å². The molecule has 1 atom stereocenters. The topological polar surface area (TPSA) is 113 Å². The van der Waals surface area contributed by atoms with E-state index in [0.717, 1.165) is 0 Å². The van der Waals surface area contributed by atoms with Crippen LogP contribution in [-0.4, -0.2) is 38.0 Å². The maximum atomic E-state index is 12.2. The SMILES string of the molecule is O=C(O)Cc1ccc(S(=O)(=O)NC2CCC(=O)NC2)cc1. The summed E-state index contributed by atoms with van der Waals surface area (Å²) in [4.78, 5) is 21.7. The van der Waals surface area contributed by atoms with Gasteiger partial charge in [0.2, 0.25) is 15.9 Å². The summed E-state index contributed by atoms with van der Waals surface area (Å²) in [5, 5.41) is 11.3. The van der Waals surface area contributed by atoms with Crippen molar-refractivity contribution in [2.75, 3.05) is 6.54 Å². The monoisotopic (exact) mass is 312 g/mol. The number of rotatable bonds is 5. The zero-order chi connectivity index (χ0) is 15.5. The van der Waals surface area contributed by atoms with Gasteiger partial charge in [0.25, 0.3) is 0 Å². The summed E-state index contributed by atoms with van der Waals surface area (Å²) in [6, 6.07) is 5.38. The summed E-state index contributed by atoms with van der Waals surface area (Å²) in [6.07, 6.45) is 0.606. The molecule has 0 aromatic heterocycles. The number of nitrogens with one attached hydrogen (secondary N) is 2. The molecule has 1 fully saturated rings. The molecular weight excluding hydrogens is 296 g/mol. The van der Waals surface area contributed by atoms with Gasteiger partial charge in [-0.2, -0.15) is 0 Å². The molecule has 0 spiro atoms. The molecule has 1 unspecified atom stereocenters. The summed E-state index contributed by atoms with van der Waals surface area (Å²) >= 11 is 0. The molecule has 0 bridgehead atoms. The molecule has 2 rings (SSSR count). The standard InChI is InChI=1S/C13H16N2O5S/c16-12-6-3-10(8-14-12)15-21(19,20)11-4-1-9(2-5-11)7-13(17)18/h1-2,4-5,10,15H,3,6-8H2,(H,14,16)(H,17,18). The van der Waals surface area contributed by atoms with E-state index in [-0.39, 0.29) is 29.8 Å². The molecule has 8 heteroatoms. The molecule has 1 aromatic rings. The number of piperidine rings is 1. The lowest BCUT2D eigenvalue weighted by atomic mass is 10.1. The van der Waals surface area contributed by atoms with E-state index in [1.807, 2.05) is 0 Å². The van der Waals surface area contributed by atoms with Crippen LogP contribution in [0.2, 0.25) is 0 Å². The zero-order valence-electron chi connectivity index (χ0n) is 11.2. The van der Waals surface area contributed by atoms with Crippen LogP contribution in [0.5, 0.6) is 0 Å². The van der Waals surface area contributed by atoms with Gasteiger partial charge in [-0.05, 0) is 24.1 Å². The second kappa shape index (κ2) is 6.23. The van der Waals surface area contributed by atoms with Crippen molar-refractivity contribution in [1.82, 2.24) is 10.0 Å². The Morgan fingerprint density at radius 1 is 1.33 bits per heavy atom. The van der Waals surface area contributed by atoms with Gasteiger partial charge >= 0.3 is 5.97 Å². The Morgan fingerprint density at radius 3 is 2.52 bits per heavy atom. The summed E-state index contributed by atoms with van der Waals surface area (Å²) in [7, 11) is -3.67. The summed E-state index contributed by atoms with van der Waals surface area (Å²) in [5.74, 6) is -1.05.